The van der Waals surface area contributed by atoms with Crippen LogP contribution in [0.1, 0.15) is 19.4 Å². The molecular weight excluding hydrogens is 261 g/mol. The number of halogens is 2. The van der Waals surface area contributed by atoms with Crippen molar-refractivity contribution in [3.8, 4) is 0 Å². The molecule has 0 aromatic heterocycles. The lowest BCUT2D eigenvalue weighted by Crippen LogP contribution is -2.28. The summed E-state index contributed by atoms with van der Waals surface area (Å²) in [5.41, 5.74) is 1.52. The summed E-state index contributed by atoms with van der Waals surface area (Å²) in [6.07, 6.45) is 0. The normalized spacial score (nSPS) is 12.1. The molecule has 1 unspecified atom stereocenters. The second kappa shape index (κ2) is 6.12. The number of aryl methyl sites for hydroxylation is 1. The molecule has 94 valence electrons. The second-order valence-electron chi connectivity index (χ2n) is 3.70. The minimum Gasteiger partial charge on any atom is -0.464 e. The minimum atomic E-state index is -0.466. The van der Waals surface area contributed by atoms with Gasteiger partial charge in [-0.25, -0.2) is 4.79 Å². The largest absolute Gasteiger partial charge is 0.464 e. The first-order chi connectivity index (χ1) is 7.95. The highest BCUT2D eigenvalue weighted by Gasteiger charge is 2.15. The third kappa shape index (κ3) is 3.79. The fraction of sp³-hybridized carbons (Fsp3) is 0.417. The summed E-state index contributed by atoms with van der Waals surface area (Å²) in [4.78, 5) is 11.4. The molecule has 3 nitrogen and oxygen atoms in total. The maximum absolute atomic E-state index is 11.4. The summed E-state index contributed by atoms with van der Waals surface area (Å²) in [6.45, 7) is 5.70. The first kappa shape index (κ1) is 14.1. The van der Waals surface area contributed by atoms with E-state index in [1.807, 2.05) is 6.92 Å². The minimum absolute atomic E-state index is 0.319. The SMILES string of the molecule is CCOC(=O)C(C)Nc1cc(Cl)c(C)cc1Cl. The maximum Gasteiger partial charge on any atom is 0.328 e. The Morgan fingerprint density at radius 1 is 1.41 bits per heavy atom. The lowest BCUT2D eigenvalue weighted by atomic mass is 10.2. The van der Waals surface area contributed by atoms with Gasteiger partial charge in [-0.2, -0.15) is 0 Å². The van der Waals surface area contributed by atoms with Crippen LogP contribution in [0.25, 0.3) is 0 Å². The molecule has 1 aromatic carbocycles. The van der Waals surface area contributed by atoms with Crippen LogP contribution in [0.4, 0.5) is 5.69 Å². The zero-order valence-electron chi connectivity index (χ0n) is 10.0. The van der Waals surface area contributed by atoms with Crippen molar-refractivity contribution in [1.82, 2.24) is 0 Å². The molecule has 1 rings (SSSR count). The standard InChI is InChI=1S/C12H15Cl2NO2/c1-4-17-12(16)8(3)15-11-6-9(13)7(2)5-10(11)14/h5-6,8,15H,4H2,1-3H3. The Morgan fingerprint density at radius 3 is 2.65 bits per heavy atom. The van der Waals surface area contributed by atoms with Crippen molar-refractivity contribution in [3.05, 3.63) is 27.7 Å². The molecule has 0 heterocycles. The molecule has 1 atom stereocenters. The molecule has 0 radical (unpaired) electrons. The van der Waals surface area contributed by atoms with E-state index in [9.17, 15) is 4.79 Å². The van der Waals surface area contributed by atoms with E-state index in [1.54, 1.807) is 26.0 Å². The molecule has 5 heteroatoms. The summed E-state index contributed by atoms with van der Waals surface area (Å²) < 4.78 is 4.89. The molecule has 0 saturated heterocycles. The fourth-order valence-corrected chi connectivity index (χ4v) is 1.75. The van der Waals surface area contributed by atoms with Gasteiger partial charge in [0.2, 0.25) is 0 Å². The van der Waals surface area contributed by atoms with Gasteiger partial charge in [-0.3, -0.25) is 0 Å². The van der Waals surface area contributed by atoms with Gasteiger partial charge in [0, 0.05) is 5.02 Å². The Kier molecular flexibility index (Phi) is 5.09. The van der Waals surface area contributed by atoms with Crippen molar-refractivity contribution in [1.29, 1.82) is 0 Å². The lowest BCUT2D eigenvalue weighted by Gasteiger charge is -2.15. The van der Waals surface area contributed by atoms with E-state index in [1.165, 1.54) is 0 Å². The third-order valence-corrected chi connectivity index (χ3v) is 2.98. The Labute approximate surface area is 111 Å². The van der Waals surface area contributed by atoms with E-state index in [2.05, 4.69) is 5.32 Å². The van der Waals surface area contributed by atoms with Gasteiger partial charge in [-0.05, 0) is 38.5 Å². The Bertz CT molecular complexity index is 421. The highest BCUT2D eigenvalue weighted by molar-refractivity contribution is 6.35. The number of hydrogen-bond acceptors (Lipinski definition) is 3. The van der Waals surface area contributed by atoms with E-state index in [-0.39, 0.29) is 5.97 Å². The predicted octanol–water partition coefficient (Wildman–Crippen LogP) is 3.67. The molecule has 0 spiro atoms. The maximum atomic E-state index is 11.4. The molecule has 1 aromatic rings. The fourth-order valence-electron chi connectivity index (χ4n) is 1.32. The summed E-state index contributed by atoms with van der Waals surface area (Å²) in [5, 5.41) is 4.11. The number of esters is 1. The zero-order valence-corrected chi connectivity index (χ0v) is 11.5. The predicted molar refractivity (Wildman–Crippen MR) is 70.9 cm³/mol. The van der Waals surface area contributed by atoms with Crippen LogP contribution >= 0.6 is 23.2 Å². The van der Waals surface area contributed by atoms with Gasteiger partial charge in [0.05, 0.1) is 17.3 Å². The van der Waals surface area contributed by atoms with Gasteiger partial charge in [0.1, 0.15) is 6.04 Å². The topological polar surface area (TPSA) is 38.3 Å². The molecular formula is C12H15Cl2NO2. The molecule has 17 heavy (non-hydrogen) atoms. The molecule has 0 aliphatic heterocycles. The summed E-state index contributed by atoms with van der Waals surface area (Å²) in [6, 6.07) is 2.99. The summed E-state index contributed by atoms with van der Waals surface area (Å²) in [7, 11) is 0. The molecule has 0 amide bonds. The van der Waals surface area contributed by atoms with Crippen LogP contribution in [-0.2, 0) is 9.53 Å². The Morgan fingerprint density at radius 2 is 2.06 bits per heavy atom. The number of carbonyl (C=O) groups is 1. The van der Waals surface area contributed by atoms with Crippen molar-refractivity contribution >= 4 is 34.9 Å². The Balaban J connectivity index is 2.81. The van der Waals surface area contributed by atoms with Gasteiger partial charge in [-0.15, -0.1) is 0 Å². The summed E-state index contributed by atoms with van der Waals surface area (Å²) in [5.74, 6) is -0.319. The van der Waals surface area contributed by atoms with Crippen molar-refractivity contribution in [2.24, 2.45) is 0 Å². The summed E-state index contributed by atoms with van der Waals surface area (Å²) >= 11 is 12.0. The first-order valence-electron chi connectivity index (χ1n) is 5.34. The van der Waals surface area contributed by atoms with E-state index in [0.717, 1.165) is 5.56 Å². The number of carbonyl (C=O) groups excluding carboxylic acids is 1. The zero-order chi connectivity index (χ0) is 13.0. The van der Waals surface area contributed by atoms with Crippen LogP contribution in [0.5, 0.6) is 0 Å². The quantitative estimate of drug-likeness (QED) is 0.853. The average Bonchev–Trinajstić information content (AvgIpc) is 2.26. The first-order valence-corrected chi connectivity index (χ1v) is 6.10. The number of benzene rings is 1. The molecule has 0 saturated carbocycles. The number of anilines is 1. The van der Waals surface area contributed by atoms with E-state index in [0.29, 0.717) is 22.3 Å². The van der Waals surface area contributed by atoms with Crippen LogP contribution in [0.2, 0.25) is 10.0 Å². The van der Waals surface area contributed by atoms with Crippen LogP contribution in [0, 0.1) is 6.92 Å². The van der Waals surface area contributed by atoms with E-state index < -0.39 is 6.04 Å². The smallest absolute Gasteiger partial charge is 0.328 e. The van der Waals surface area contributed by atoms with E-state index >= 15 is 0 Å². The van der Waals surface area contributed by atoms with Crippen molar-refractivity contribution in [2.45, 2.75) is 26.8 Å². The molecule has 0 aliphatic rings. The Hall–Kier alpha value is -0.930. The van der Waals surface area contributed by atoms with Gasteiger partial charge < -0.3 is 10.1 Å². The van der Waals surface area contributed by atoms with Crippen LogP contribution in [0.15, 0.2) is 12.1 Å². The second-order valence-corrected chi connectivity index (χ2v) is 4.51. The van der Waals surface area contributed by atoms with Crippen LogP contribution in [-0.4, -0.2) is 18.6 Å². The molecule has 1 N–H and O–H groups in total. The highest BCUT2D eigenvalue weighted by Crippen LogP contribution is 2.29. The number of ether oxygens (including phenoxy) is 1. The number of rotatable bonds is 4. The highest BCUT2D eigenvalue weighted by atomic mass is 35.5. The van der Waals surface area contributed by atoms with Gasteiger partial charge in [0.15, 0.2) is 0 Å². The van der Waals surface area contributed by atoms with Crippen molar-refractivity contribution in [3.63, 3.8) is 0 Å². The van der Waals surface area contributed by atoms with Crippen LogP contribution < -0.4 is 5.32 Å². The number of nitrogens with one attached hydrogen (secondary N) is 1. The van der Waals surface area contributed by atoms with Crippen molar-refractivity contribution in [2.75, 3.05) is 11.9 Å². The molecule has 0 bridgehead atoms. The molecule has 0 fully saturated rings. The third-order valence-electron chi connectivity index (χ3n) is 2.26. The average molecular weight is 276 g/mol. The number of hydrogen-bond donors (Lipinski definition) is 1. The monoisotopic (exact) mass is 275 g/mol. The van der Waals surface area contributed by atoms with Gasteiger partial charge >= 0.3 is 5.97 Å². The van der Waals surface area contributed by atoms with Gasteiger partial charge in [0.25, 0.3) is 0 Å². The lowest BCUT2D eigenvalue weighted by molar-refractivity contribution is -0.143. The van der Waals surface area contributed by atoms with Crippen LogP contribution in [0.3, 0.4) is 0 Å². The van der Waals surface area contributed by atoms with E-state index in [4.69, 9.17) is 27.9 Å². The molecule has 0 aliphatic carbocycles. The van der Waals surface area contributed by atoms with Crippen molar-refractivity contribution < 1.29 is 9.53 Å². The van der Waals surface area contributed by atoms with Gasteiger partial charge in [-0.1, -0.05) is 23.2 Å².